The van der Waals surface area contributed by atoms with Gasteiger partial charge in [-0.1, -0.05) is 19.1 Å². The van der Waals surface area contributed by atoms with Gasteiger partial charge in [0, 0.05) is 23.2 Å². The summed E-state index contributed by atoms with van der Waals surface area (Å²) in [7, 11) is 1.86. The van der Waals surface area contributed by atoms with Crippen molar-refractivity contribution in [1.82, 2.24) is 9.97 Å². The molecule has 0 spiro atoms. The van der Waals surface area contributed by atoms with E-state index >= 15 is 0 Å². The highest BCUT2D eigenvalue weighted by atomic mass is 32.2. The number of benzene rings is 1. The van der Waals surface area contributed by atoms with Gasteiger partial charge in [-0.05, 0) is 25.5 Å². The van der Waals surface area contributed by atoms with Gasteiger partial charge in [0.2, 0.25) is 0 Å². The molecule has 0 saturated carbocycles. The van der Waals surface area contributed by atoms with E-state index in [0.717, 1.165) is 29.3 Å². The molecule has 1 aromatic heterocycles. The van der Waals surface area contributed by atoms with Crippen molar-refractivity contribution in [3.8, 4) is 0 Å². The number of nitrogens with one attached hydrogen (secondary N) is 1. The zero-order valence-electron chi connectivity index (χ0n) is 11.9. The molecule has 0 radical (unpaired) electrons. The molecular formula is C15H18FN3S. The second kappa shape index (κ2) is 6.70. The van der Waals surface area contributed by atoms with Crippen molar-refractivity contribution < 1.29 is 4.39 Å². The van der Waals surface area contributed by atoms with Crippen LogP contribution in [0.1, 0.15) is 24.0 Å². The molecule has 1 N–H and O–H groups in total. The minimum atomic E-state index is -0.201. The van der Waals surface area contributed by atoms with Crippen LogP contribution in [0.25, 0.3) is 0 Å². The van der Waals surface area contributed by atoms with Crippen LogP contribution in [0.4, 0.5) is 10.2 Å². The number of nitrogens with zero attached hydrogens (tertiary/aromatic N) is 2. The average Bonchev–Trinajstić information content (AvgIpc) is 2.45. The van der Waals surface area contributed by atoms with Gasteiger partial charge >= 0.3 is 0 Å². The first-order chi connectivity index (χ1) is 9.65. The van der Waals surface area contributed by atoms with Gasteiger partial charge in [0.05, 0.1) is 5.75 Å². The minimum Gasteiger partial charge on any atom is -0.373 e. The van der Waals surface area contributed by atoms with Crippen LogP contribution in [0.3, 0.4) is 0 Å². The molecule has 0 amide bonds. The van der Waals surface area contributed by atoms with Crippen molar-refractivity contribution in [2.45, 2.75) is 30.9 Å². The summed E-state index contributed by atoms with van der Waals surface area (Å²) in [6, 6.07) is 6.76. The number of hydrogen-bond donors (Lipinski definition) is 1. The van der Waals surface area contributed by atoms with Crippen LogP contribution in [0.15, 0.2) is 29.2 Å². The fraction of sp³-hybridized carbons (Fsp3) is 0.333. The monoisotopic (exact) mass is 291 g/mol. The number of rotatable bonds is 5. The van der Waals surface area contributed by atoms with Crippen LogP contribution in [-0.2, 0) is 12.2 Å². The fourth-order valence-corrected chi connectivity index (χ4v) is 2.85. The topological polar surface area (TPSA) is 37.8 Å². The SMILES string of the molecule is CCc1c(C)nc(CSc2ccccc2F)nc1NC. The predicted molar refractivity (Wildman–Crippen MR) is 81.7 cm³/mol. The smallest absolute Gasteiger partial charge is 0.141 e. The number of anilines is 1. The Morgan fingerprint density at radius 2 is 2.00 bits per heavy atom. The van der Waals surface area contributed by atoms with E-state index < -0.39 is 0 Å². The minimum absolute atomic E-state index is 0.201. The Labute approximate surface area is 123 Å². The van der Waals surface area contributed by atoms with Crippen molar-refractivity contribution in [3.05, 3.63) is 47.2 Å². The Kier molecular flexibility index (Phi) is 4.95. The van der Waals surface area contributed by atoms with E-state index in [1.54, 1.807) is 12.1 Å². The maximum atomic E-state index is 13.6. The van der Waals surface area contributed by atoms with Crippen LogP contribution >= 0.6 is 11.8 Å². The average molecular weight is 291 g/mol. The lowest BCUT2D eigenvalue weighted by Crippen LogP contribution is -2.06. The molecule has 1 heterocycles. The molecule has 0 atom stereocenters. The lowest BCUT2D eigenvalue weighted by Gasteiger charge is -2.11. The zero-order chi connectivity index (χ0) is 14.5. The summed E-state index contributed by atoms with van der Waals surface area (Å²) >= 11 is 1.41. The lowest BCUT2D eigenvalue weighted by molar-refractivity contribution is 0.602. The molecule has 0 fully saturated rings. The normalized spacial score (nSPS) is 10.6. The largest absolute Gasteiger partial charge is 0.373 e. The van der Waals surface area contributed by atoms with E-state index in [-0.39, 0.29) is 5.82 Å². The van der Waals surface area contributed by atoms with Crippen molar-refractivity contribution in [2.75, 3.05) is 12.4 Å². The first-order valence-electron chi connectivity index (χ1n) is 6.57. The molecule has 0 bridgehead atoms. The molecule has 0 aliphatic heterocycles. The molecule has 3 nitrogen and oxygen atoms in total. The van der Waals surface area contributed by atoms with Gasteiger partial charge in [-0.15, -0.1) is 11.8 Å². The second-order valence-electron chi connectivity index (χ2n) is 4.38. The standard InChI is InChI=1S/C15H18FN3S/c1-4-11-10(2)18-14(19-15(11)17-3)9-20-13-8-6-5-7-12(13)16/h5-8H,4,9H2,1-3H3,(H,17,18,19). The molecule has 0 aliphatic rings. The molecule has 1 aromatic carbocycles. The molecule has 20 heavy (non-hydrogen) atoms. The van der Waals surface area contributed by atoms with Gasteiger partial charge in [0.25, 0.3) is 0 Å². The van der Waals surface area contributed by atoms with Gasteiger partial charge < -0.3 is 5.32 Å². The van der Waals surface area contributed by atoms with Crippen LogP contribution in [0, 0.1) is 12.7 Å². The molecule has 0 aliphatic carbocycles. The Morgan fingerprint density at radius 3 is 2.65 bits per heavy atom. The van der Waals surface area contributed by atoms with E-state index in [9.17, 15) is 4.39 Å². The Hall–Kier alpha value is -1.62. The van der Waals surface area contributed by atoms with Gasteiger partial charge in [0.1, 0.15) is 17.5 Å². The van der Waals surface area contributed by atoms with Crippen LogP contribution in [-0.4, -0.2) is 17.0 Å². The molecule has 106 valence electrons. The molecule has 5 heteroatoms. The molecule has 0 unspecified atom stereocenters. The van der Waals surface area contributed by atoms with Crippen molar-refractivity contribution in [2.24, 2.45) is 0 Å². The van der Waals surface area contributed by atoms with Crippen LogP contribution < -0.4 is 5.32 Å². The number of aromatic nitrogens is 2. The first-order valence-corrected chi connectivity index (χ1v) is 7.55. The predicted octanol–water partition coefficient (Wildman–Crippen LogP) is 3.82. The maximum Gasteiger partial charge on any atom is 0.141 e. The Bertz CT molecular complexity index is 602. The van der Waals surface area contributed by atoms with E-state index in [2.05, 4.69) is 22.2 Å². The third kappa shape index (κ3) is 3.28. The highest BCUT2D eigenvalue weighted by Gasteiger charge is 2.10. The van der Waals surface area contributed by atoms with E-state index in [1.165, 1.54) is 17.8 Å². The fourth-order valence-electron chi connectivity index (χ4n) is 2.05. The van der Waals surface area contributed by atoms with Crippen molar-refractivity contribution in [1.29, 1.82) is 0 Å². The summed E-state index contributed by atoms with van der Waals surface area (Å²) in [5.41, 5.74) is 2.11. The highest BCUT2D eigenvalue weighted by Crippen LogP contribution is 2.25. The third-order valence-corrected chi connectivity index (χ3v) is 4.09. The summed E-state index contributed by atoms with van der Waals surface area (Å²) < 4.78 is 13.6. The molecule has 0 saturated heterocycles. The van der Waals surface area contributed by atoms with E-state index in [1.807, 2.05) is 20.0 Å². The number of thioether (sulfide) groups is 1. The van der Waals surface area contributed by atoms with Gasteiger partial charge in [-0.3, -0.25) is 0 Å². The van der Waals surface area contributed by atoms with Crippen molar-refractivity contribution in [3.63, 3.8) is 0 Å². The quantitative estimate of drug-likeness (QED) is 0.850. The number of halogens is 1. The summed E-state index contributed by atoms with van der Waals surface area (Å²) in [5.74, 6) is 1.94. The molecular weight excluding hydrogens is 273 g/mol. The highest BCUT2D eigenvalue weighted by molar-refractivity contribution is 7.98. The maximum absolute atomic E-state index is 13.6. The number of aryl methyl sites for hydroxylation is 1. The van der Waals surface area contributed by atoms with Crippen LogP contribution in [0.5, 0.6) is 0 Å². The molecule has 2 aromatic rings. The van der Waals surface area contributed by atoms with E-state index in [4.69, 9.17) is 0 Å². The van der Waals surface area contributed by atoms with E-state index in [0.29, 0.717) is 10.6 Å². The first kappa shape index (κ1) is 14.8. The lowest BCUT2D eigenvalue weighted by atomic mass is 10.1. The summed E-state index contributed by atoms with van der Waals surface area (Å²) in [4.78, 5) is 9.63. The van der Waals surface area contributed by atoms with Crippen molar-refractivity contribution >= 4 is 17.6 Å². The Morgan fingerprint density at radius 1 is 1.25 bits per heavy atom. The molecule has 2 rings (SSSR count). The number of hydrogen-bond acceptors (Lipinski definition) is 4. The van der Waals surface area contributed by atoms with Gasteiger partial charge in [-0.25, -0.2) is 14.4 Å². The van der Waals surface area contributed by atoms with Gasteiger partial charge in [0.15, 0.2) is 0 Å². The van der Waals surface area contributed by atoms with Crippen LogP contribution in [0.2, 0.25) is 0 Å². The summed E-state index contributed by atoms with van der Waals surface area (Å²) in [6.45, 7) is 4.07. The van der Waals surface area contributed by atoms with Gasteiger partial charge in [-0.2, -0.15) is 0 Å². The summed E-state index contributed by atoms with van der Waals surface area (Å²) in [6.07, 6.45) is 0.892. The zero-order valence-corrected chi connectivity index (χ0v) is 12.7. The second-order valence-corrected chi connectivity index (χ2v) is 5.39. The summed E-state index contributed by atoms with van der Waals surface area (Å²) in [5, 5.41) is 3.10. The third-order valence-electron chi connectivity index (χ3n) is 3.04. The Balaban J connectivity index is 2.18.